The van der Waals surface area contributed by atoms with E-state index in [1.165, 1.54) is 17.5 Å². The lowest BCUT2D eigenvalue weighted by molar-refractivity contribution is -0.129. The molecule has 0 spiro atoms. The normalized spacial score (nSPS) is 35.4. The van der Waals surface area contributed by atoms with Gasteiger partial charge in [-0.1, -0.05) is 31.7 Å². The number of ketones is 1. The summed E-state index contributed by atoms with van der Waals surface area (Å²) in [4.78, 5) is 12.4. The third-order valence-corrected chi connectivity index (χ3v) is 7.01. The molecule has 2 saturated carbocycles. The van der Waals surface area contributed by atoms with Crippen LogP contribution >= 0.6 is 0 Å². The van der Waals surface area contributed by atoms with Crippen LogP contribution in [0.2, 0.25) is 0 Å². The molecule has 1 aromatic rings. The fourth-order valence-electron chi connectivity index (χ4n) is 5.65. The first-order valence-electron chi connectivity index (χ1n) is 8.95. The van der Waals surface area contributed by atoms with Crippen molar-refractivity contribution in [1.29, 1.82) is 0 Å². The van der Waals surface area contributed by atoms with Gasteiger partial charge < -0.3 is 0 Å². The lowest BCUT2D eigenvalue weighted by Crippen LogP contribution is -2.42. The molecule has 4 rings (SSSR count). The molecule has 122 valence electrons. The van der Waals surface area contributed by atoms with Crippen LogP contribution in [-0.4, -0.2) is 12.5 Å². The molecule has 0 radical (unpaired) electrons. The summed E-state index contributed by atoms with van der Waals surface area (Å²) in [5, 5.41) is 0. The third-order valence-electron chi connectivity index (χ3n) is 7.01. The number of halogens is 1. The standard InChI is InChI=1S/C21H25FO/c1-13(12-22)14-3-5-16-15(11-14)4-6-18-17(16)9-10-21(2)19(18)7-8-20(21)23/h3,5,11,17-19H,1,4,6-10,12H2,2H3/t17-,18-,19+,21+/m1/s1. The van der Waals surface area contributed by atoms with Crippen LogP contribution in [0, 0.1) is 17.3 Å². The lowest BCUT2D eigenvalue weighted by atomic mass is 9.55. The summed E-state index contributed by atoms with van der Waals surface area (Å²) in [6.45, 7) is 5.56. The fourth-order valence-corrected chi connectivity index (χ4v) is 5.65. The topological polar surface area (TPSA) is 17.1 Å². The van der Waals surface area contributed by atoms with E-state index in [1.807, 2.05) is 6.07 Å². The van der Waals surface area contributed by atoms with Gasteiger partial charge in [-0.3, -0.25) is 4.79 Å². The van der Waals surface area contributed by atoms with Crippen LogP contribution in [0.1, 0.15) is 61.6 Å². The van der Waals surface area contributed by atoms with Crippen molar-refractivity contribution in [2.45, 2.75) is 51.4 Å². The summed E-state index contributed by atoms with van der Waals surface area (Å²) in [6.07, 6.45) is 6.27. The minimum absolute atomic E-state index is 0.0544. The van der Waals surface area contributed by atoms with E-state index in [1.54, 1.807) is 0 Å². The highest BCUT2D eigenvalue weighted by molar-refractivity contribution is 5.87. The summed E-state index contributed by atoms with van der Waals surface area (Å²) in [5.41, 5.74) is 4.31. The zero-order valence-electron chi connectivity index (χ0n) is 13.9. The van der Waals surface area contributed by atoms with Gasteiger partial charge in [-0.25, -0.2) is 4.39 Å². The first kappa shape index (κ1) is 15.1. The zero-order chi connectivity index (χ0) is 16.2. The molecule has 2 fully saturated rings. The minimum atomic E-state index is -0.479. The highest BCUT2D eigenvalue weighted by Crippen LogP contribution is 2.59. The SMILES string of the molecule is C=C(CF)c1ccc2c(c1)CC[C@@H]1[C@@H]2CC[C@]2(C)C(=O)CC[C@@H]12. The van der Waals surface area contributed by atoms with E-state index >= 15 is 0 Å². The quantitative estimate of drug-likeness (QED) is 0.743. The average molecular weight is 312 g/mol. The number of carbonyl (C=O) groups excluding carboxylic acids is 1. The largest absolute Gasteiger partial charge is 0.299 e. The molecular weight excluding hydrogens is 287 g/mol. The van der Waals surface area contributed by atoms with E-state index in [4.69, 9.17) is 0 Å². The summed E-state index contributed by atoms with van der Waals surface area (Å²) >= 11 is 0. The van der Waals surface area contributed by atoms with Gasteiger partial charge in [0.05, 0.1) is 0 Å². The Hall–Kier alpha value is -1.44. The van der Waals surface area contributed by atoms with Gasteiger partial charge in [0.2, 0.25) is 0 Å². The molecule has 3 aliphatic rings. The molecule has 3 aliphatic carbocycles. The first-order chi connectivity index (χ1) is 11.0. The summed E-state index contributed by atoms with van der Waals surface area (Å²) in [7, 11) is 0. The minimum Gasteiger partial charge on any atom is -0.299 e. The van der Waals surface area contributed by atoms with E-state index in [0.717, 1.165) is 37.7 Å². The van der Waals surface area contributed by atoms with Crippen molar-refractivity contribution in [2.75, 3.05) is 6.67 Å². The van der Waals surface area contributed by atoms with E-state index < -0.39 is 6.67 Å². The molecule has 1 aromatic carbocycles. The smallest absolute Gasteiger partial charge is 0.139 e. The van der Waals surface area contributed by atoms with Gasteiger partial charge >= 0.3 is 0 Å². The Bertz CT molecular complexity index is 676. The van der Waals surface area contributed by atoms with Crippen LogP contribution < -0.4 is 0 Å². The Morgan fingerprint density at radius 3 is 2.91 bits per heavy atom. The van der Waals surface area contributed by atoms with E-state index in [0.29, 0.717) is 29.1 Å². The predicted octanol–water partition coefficient (Wildman–Crippen LogP) is 5.09. The van der Waals surface area contributed by atoms with Gasteiger partial charge in [-0.05, 0) is 72.1 Å². The first-order valence-corrected chi connectivity index (χ1v) is 8.95. The van der Waals surface area contributed by atoms with E-state index in [-0.39, 0.29) is 5.41 Å². The van der Waals surface area contributed by atoms with Crippen LogP contribution in [0.4, 0.5) is 4.39 Å². The van der Waals surface area contributed by atoms with Crippen molar-refractivity contribution >= 4 is 11.4 Å². The van der Waals surface area contributed by atoms with Crippen LogP contribution in [0.5, 0.6) is 0 Å². The van der Waals surface area contributed by atoms with Crippen molar-refractivity contribution in [2.24, 2.45) is 17.3 Å². The van der Waals surface area contributed by atoms with Crippen LogP contribution in [0.15, 0.2) is 24.8 Å². The molecule has 1 nitrogen and oxygen atoms in total. The van der Waals surface area contributed by atoms with Gasteiger partial charge in [0.1, 0.15) is 12.5 Å². The number of hydrogen-bond donors (Lipinski definition) is 0. The van der Waals surface area contributed by atoms with Crippen molar-refractivity contribution in [3.63, 3.8) is 0 Å². The Balaban J connectivity index is 1.67. The highest BCUT2D eigenvalue weighted by atomic mass is 19.1. The number of fused-ring (bicyclic) bond motifs is 5. The van der Waals surface area contributed by atoms with E-state index in [9.17, 15) is 9.18 Å². The third kappa shape index (κ3) is 2.14. The second kappa shape index (κ2) is 5.29. The molecule has 0 saturated heterocycles. The van der Waals surface area contributed by atoms with Gasteiger partial charge in [-0.15, -0.1) is 0 Å². The van der Waals surface area contributed by atoms with Crippen LogP contribution in [-0.2, 0) is 11.2 Å². The van der Waals surface area contributed by atoms with Crippen LogP contribution in [0.3, 0.4) is 0 Å². The molecule has 0 amide bonds. The van der Waals surface area contributed by atoms with Gasteiger partial charge in [-0.2, -0.15) is 0 Å². The number of allylic oxidation sites excluding steroid dienone is 1. The van der Waals surface area contributed by atoms with Crippen LogP contribution in [0.25, 0.3) is 5.57 Å². The molecule has 0 heterocycles. The number of hydrogen-bond acceptors (Lipinski definition) is 1. The molecule has 0 bridgehead atoms. The molecule has 4 atom stereocenters. The molecule has 0 aromatic heterocycles. The molecule has 0 unspecified atom stereocenters. The van der Waals surface area contributed by atoms with Gasteiger partial charge in [0.15, 0.2) is 0 Å². The Kier molecular flexibility index (Phi) is 3.48. The van der Waals surface area contributed by atoms with Gasteiger partial charge in [0.25, 0.3) is 0 Å². The number of carbonyl (C=O) groups is 1. The van der Waals surface area contributed by atoms with Crippen molar-refractivity contribution in [3.8, 4) is 0 Å². The van der Waals surface area contributed by atoms with Gasteiger partial charge in [0, 0.05) is 11.8 Å². The molecule has 2 heteroatoms. The Labute approximate surface area is 138 Å². The summed E-state index contributed by atoms with van der Waals surface area (Å²) < 4.78 is 12.9. The molecule has 0 N–H and O–H groups in total. The fraction of sp³-hybridized carbons (Fsp3) is 0.571. The lowest BCUT2D eigenvalue weighted by Gasteiger charge is -2.48. The van der Waals surface area contributed by atoms with Crippen molar-refractivity contribution in [1.82, 2.24) is 0 Å². The average Bonchev–Trinajstić information content (AvgIpc) is 2.88. The second-order valence-corrected chi connectivity index (χ2v) is 7.98. The number of alkyl halides is 1. The maximum atomic E-state index is 12.9. The molecular formula is C21H25FO. The summed E-state index contributed by atoms with van der Waals surface area (Å²) in [6, 6.07) is 6.40. The number of rotatable bonds is 2. The Morgan fingerprint density at radius 2 is 2.13 bits per heavy atom. The summed E-state index contributed by atoms with van der Waals surface area (Å²) in [5.74, 6) is 2.32. The molecule has 0 aliphatic heterocycles. The maximum Gasteiger partial charge on any atom is 0.139 e. The van der Waals surface area contributed by atoms with E-state index in [2.05, 4.69) is 25.6 Å². The number of Topliss-reactive ketones (excluding diaryl/α,β-unsaturated/α-hetero) is 1. The highest BCUT2D eigenvalue weighted by Gasteiger charge is 2.54. The predicted molar refractivity (Wildman–Crippen MR) is 91.1 cm³/mol. The monoisotopic (exact) mass is 312 g/mol. The molecule has 23 heavy (non-hydrogen) atoms. The number of aryl methyl sites for hydroxylation is 1. The van der Waals surface area contributed by atoms with Crippen molar-refractivity contribution < 1.29 is 9.18 Å². The Morgan fingerprint density at radius 1 is 1.30 bits per heavy atom. The second-order valence-electron chi connectivity index (χ2n) is 7.98. The zero-order valence-corrected chi connectivity index (χ0v) is 13.9. The number of benzene rings is 1. The van der Waals surface area contributed by atoms with Crippen molar-refractivity contribution in [3.05, 3.63) is 41.5 Å². The maximum absolute atomic E-state index is 12.9.